The minimum absolute atomic E-state index is 0.272. The lowest BCUT2D eigenvalue weighted by molar-refractivity contribution is -0.347. The molecule has 4 nitrogen and oxygen atoms in total. The van der Waals surface area contributed by atoms with Crippen LogP contribution in [0.3, 0.4) is 0 Å². The molecule has 0 fully saturated rings. The molecule has 0 aromatic carbocycles. The van der Waals surface area contributed by atoms with E-state index in [0.717, 1.165) is 0 Å². The van der Waals surface area contributed by atoms with E-state index < -0.39 is 0 Å². The Hall–Kier alpha value is -0.600. The second kappa shape index (κ2) is 8.49. The summed E-state index contributed by atoms with van der Waals surface area (Å²) >= 11 is 0. The standard InChI is InChI=1S/C14H26O4/c1-13(2,3)17-15-11-9-7-8-10-12-16-18-14(4,5)6/h9-12H2,1-6H3. The largest absolute Gasteiger partial charge is 0.235 e. The SMILES string of the molecule is CC(C)(C)OOCCC#CCCOOC(C)(C)C. The van der Waals surface area contributed by atoms with Crippen LogP contribution in [0.2, 0.25) is 0 Å². The van der Waals surface area contributed by atoms with Crippen molar-refractivity contribution in [2.75, 3.05) is 13.2 Å². The van der Waals surface area contributed by atoms with Gasteiger partial charge in [-0.25, -0.2) is 19.6 Å². The Morgan fingerprint density at radius 2 is 1.00 bits per heavy atom. The molecule has 0 aromatic rings. The van der Waals surface area contributed by atoms with E-state index in [2.05, 4.69) is 11.8 Å². The maximum Gasteiger partial charge on any atom is 0.0952 e. The Bertz CT molecular complexity index is 236. The summed E-state index contributed by atoms with van der Waals surface area (Å²) in [4.78, 5) is 20.2. The molecule has 0 radical (unpaired) electrons. The third kappa shape index (κ3) is 15.4. The smallest absolute Gasteiger partial charge is 0.0952 e. The van der Waals surface area contributed by atoms with Crippen LogP contribution in [0.1, 0.15) is 54.4 Å². The molecule has 18 heavy (non-hydrogen) atoms. The van der Waals surface area contributed by atoms with Gasteiger partial charge in [-0.2, -0.15) is 0 Å². The quantitative estimate of drug-likeness (QED) is 0.317. The van der Waals surface area contributed by atoms with E-state index in [9.17, 15) is 0 Å². The molecule has 0 amide bonds. The number of hydrogen-bond acceptors (Lipinski definition) is 4. The van der Waals surface area contributed by atoms with E-state index in [4.69, 9.17) is 19.6 Å². The fourth-order valence-electron chi connectivity index (χ4n) is 0.799. The zero-order valence-electron chi connectivity index (χ0n) is 12.5. The average Bonchev–Trinajstić information content (AvgIpc) is 2.17. The summed E-state index contributed by atoms with van der Waals surface area (Å²) in [5.41, 5.74) is -0.545. The van der Waals surface area contributed by atoms with Crippen LogP contribution in [-0.2, 0) is 19.6 Å². The molecular weight excluding hydrogens is 232 g/mol. The first kappa shape index (κ1) is 17.4. The maximum atomic E-state index is 5.10. The van der Waals surface area contributed by atoms with Crippen molar-refractivity contribution in [3.63, 3.8) is 0 Å². The van der Waals surface area contributed by atoms with Crippen LogP contribution >= 0.6 is 0 Å². The van der Waals surface area contributed by atoms with Crippen molar-refractivity contribution < 1.29 is 19.6 Å². The van der Waals surface area contributed by atoms with Gasteiger partial charge in [0.25, 0.3) is 0 Å². The van der Waals surface area contributed by atoms with Gasteiger partial charge in [-0.15, -0.1) is 11.8 Å². The Kier molecular flexibility index (Phi) is 8.21. The van der Waals surface area contributed by atoms with Gasteiger partial charge in [0.1, 0.15) is 0 Å². The summed E-state index contributed by atoms with van der Waals surface area (Å²) in [5, 5.41) is 0. The van der Waals surface area contributed by atoms with E-state index in [1.165, 1.54) is 0 Å². The predicted molar refractivity (Wildman–Crippen MR) is 70.6 cm³/mol. The minimum Gasteiger partial charge on any atom is -0.235 e. The molecule has 0 rings (SSSR count). The van der Waals surface area contributed by atoms with Crippen molar-refractivity contribution >= 4 is 0 Å². The summed E-state index contributed by atoms with van der Waals surface area (Å²) in [7, 11) is 0. The Morgan fingerprint density at radius 1 is 0.667 bits per heavy atom. The summed E-state index contributed by atoms with van der Waals surface area (Å²) in [5.74, 6) is 5.96. The Balaban J connectivity index is 3.35. The van der Waals surface area contributed by atoms with E-state index in [-0.39, 0.29) is 11.2 Å². The fourth-order valence-corrected chi connectivity index (χ4v) is 0.799. The third-order valence-corrected chi connectivity index (χ3v) is 1.36. The van der Waals surface area contributed by atoms with Crippen molar-refractivity contribution in [1.29, 1.82) is 0 Å². The first-order chi connectivity index (χ1) is 8.21. The van der Waals surface area contributed by atoms with Crippen LogP contribution in [0, 0.1) is 11.8 Å². The van der Waals surface area contributed by atoms with Crippen molar-refractivity contribution in [2.24, 2.45) is 0 Å². The second-order valence-electron chi connectivity index (χ2n) is 5.89. The second-order valence-corrected chi connectivity index (χ2v) is 5.89. The lowest BCUT2D eigenvalue weighted by Crippen LogP contribution is -2.19. The molecule has 0 heterocycles. The number of rotatable bonds is 6. The molecular formula is C14H26O4. The third-order valence-electron chi connectivity index (χ3n) is 1.36. The highest BCUT2D eigenvalue weighted by Crippen LogP contribution is 2.07. The van der Waals surface area contributed by atoms with Crippen molar-refractivity contribution in [3.8, 4) is 11.8 Å². The normalized spacial score (nSPS) is 12.1. The number of hydrogen-bond donors (Lipinski definition) is 0. The van der Waals surface area contributed by atoms with Crippen LogP contribution in [0.15, 0.2) is 0 Å². The van der Waals surface area contributed by atoms with Crippen LogP contribution in [0.4, 0.5) is 0 Å². The van der Waals surface area contributed by atoms with Gasteiger partial charge in [0.15, 0.2) is 0 Å². The van der Waals surface area contributed by atoms with Crippen LogP contribution < -0.4 is 0 Å². The first-order valence-corrected chi connectivity index (χ1v) is 6.28. The first-order valence-electron chi connectivity index (χ1n) is 6.28. The molecule has 0 N–H and O–H groups in total. The minimum atomic E-state index is -0.272. The molecule has 0 spiro atoms. The molecule has 0 saturated carbocycles. The van der Waals surface area contributed by atoms with Crippen molar-refractivity contribution in [1.82, 2.24) is 0 Å². The van der Waals surface area contributed by atoms with Gasteiger partial charge >= 0.3 is 0 Å². The summed E-state index contributed by atoms with van der Waals surface area (Å²) in [6.45, 7) is 12.6. The van der Waals surface area contributed by atoms with Crippen molar-refractivity contribution in [2.45, 2.75) is 65.6 Å². The molecule has 0 bridgehead atoms. The van der Waals surface area contributed by atoms with Gasteiger partial charge in [-0.3, -0.25) is 0 Å². The highest BCUT2D eigenvalue weighted by molar-refractivity contribution is 4.98. The van der Waals surface area contributed by atoms with Crippen LogP contribution in [-0.4, -0.2) is 24.4 Å². The van der Waals surface area contributed by atoms with Crippen molar-refractivity contribution in [3.05, 3.63) is 0 Å². The Labute approximate surface area is 111 Å². The van der Waals surface area contributed by atoms with E-state index >= 15 is 0 Å². The van der Waals surface area contributed by atoms with E-state index in [0.29, 0.717) is 26.1 Å². The van der Waals surface area contributed by atoms with Crippen LogP contribution in [0.5, 0.6) is 0 Å². The summed E-state index contributed by atoms with van der Waals surface area (Å²) in [6.07, 6.45) is 1.30. The maximum absolute atomic E-state index is 5.10. The van der Waals surface area contributed by atoms with Gasteiger partial charge in [-0.1, -0.05) is 0 Å². The van der Waals surface area contributed by atoms with Gasteiger partial charge in [0.05, 0.1) is 24.4 Å². The molecule has 0 aromatic heterocycles. The summed E-state index contributed by atoms with van der Waals surface area (Å²) < 4.78 is 0. The molecule has 0 aliphatic rings. The Morgan fingerprint density at radius 3 is 1.28 bits per heavy atom. The molecule has 106 valence electrons. The summed E-state index contributed by atoms with van der Waals surface area (Å²) in [6, 6.07) is 0. The predicted octanol–water partition coefficient (Wildman–Crippen LogP) is 3.26. The highest BCUT2D eigenvalue weighted by atomic mass is 17.2. The molecule has 4 heteroatoms. The van der Waals surface area contributed by atoms with E-state index in [1.54, 1.807) is 0 Å². The average molecular weight is 258 g/mol. The van der Waals surface area contributed by atoms with Gasteiger partial charge < -0.3 is 0 Å². The zero-order chi connectivity index (χ0) is 14.1. The zero-order valence-corrected chi connectivity index (χ0v) is 12.5. The van der Waals surface area contributed by atoms with Gasteiger partial charge in [0, 0.05) is 12.8 Å². The van der Waals surface area contributed by atoms with E-state index in [1.807, 2.05) is 41.5 Å². The molecule has 0 aliphatic heterocycles. The highest BCUT2D eigenvalue weighted by Gasteiger charge is 2.11. The van der Waals surface area contributed by atoms with Gasteiger partial charge in [-0.05, 0) is 41.5 Å². The lowest BCUT2D eigenvalue weighted by Gasteiger charge is -2.16. The lowest BCUT2D eigenvalue weighted by atomic mass is 10.2. The molecule has 0 atom stereocenters. The molecule has 0 saturated heterocycles. The fraction of sp³-hybridized carbons (Fsp3) is 0.857. The molecule has 0 aliphatic carbocycles. The monoisotopic (exact) mass is 258 g/mol. The van der Waals surface area contributed by atoms with Gasteiger partial charge in [0.2, 0.25) is 0 Å². The van der Waals surface area contributed by atoms with Crippen LogP contribution in [0.25, 0.3) is 0 Å². The topological polar surface area (TPSA) is 36.9 Å². The molecule has 0 unspecified atom stereocenters.